The van der Waals surface area contributed by atoms with Crippen LogP contribution in [0.4, 0.5) is 0 Å². The maximum atomic E-state index is 12.6. The number of hydrogen-bond acceptors (Lipinski definition) is 5. The van der Waals surface area contributed by atoms with Crippen molar-refractivity contribution < 1.29 is 17.9 Å². The van der Waals surface area contributed by atoms with E-state index in [1.165, 1.54) is 6.07 Å². The molecule has 1 N–H and O–H groups in total. The minimum absolute atomic E-state index is 0.0734. The second-order valence-corrected chi connectivity index (χ2v) is 11.3. The predicted octanol–water partition coefficient (Wildman–Crippen LogP) is 2.34. The summed E-state index contributed by atoms with van der Waals surface area (Å²) in [5.41, 5.74) is 1.65. The van der Waals surface area contributed by atoms with Gasteiger partial charge >= 0.3 is 0 Å². The molecule has 1 amide bonds. The summed E-state index contributed by atoms with van der Waals surface area (Å²) in [4.78, 5) is 26.3. The van der Waals surface area contributed by atoms with Gasteiger partial charge in [-0.1, -0.05) is 32.9 Å². The Bertz CT molecular complexity index is 1160. The quantitative estimate of drug-likeness (QED) is 0.692. The van der Waals surface area contributed by atoms with Crippen molar-refractivity contribution in [3.8, 4) is 5.75 Å². The Kier molecular flexibility index (Phi) is 7.33. The first-order valence-corrected chi connectivity index (χ1v) is 12.6. The molecule has 0 saturated carbocycles. The van der Waals surface area contributed by atoms with Crippen molar-refractivity contribution in [1.29, 1.82) is 0 Å². The van der Waals surface area contributed by atoms with E-state index in [1.54, 1.807) is 40.8 Å². The standard InChI is InChI=1S/C24H33N3O5S/c1-17-14-20(15-22(28)26(17)5)32-19-10-12-27(13-11-19)23(29)16-25-33(30,31)21-8-6-18(7-9-21)24(2,3)4/h6-9,14-15,19,25H,10-13,16H2,1-5H3. The number of carbonyl (C=O) groups is 1. The van der Waals surface area contributed by atoms with Gasteiger partial charge < -0.3 is 14.2 Å². The normalized spacial score (nSPS) is 15.5. The van der Waals surface area contributed by atoms with Crippen LogP contribution in [0.1, 0.15) is 44.9 Å². The van der Waals surface area contributed by atoms with Gasteiger partial charge in [-0.25, -0.2) is 13.1 Å². The lowest BCUT2D eigenvalue weighted by atomic mass is 9.87. The monoisotopic (exact) mass is 475 g/mol. The van der Waals surface area contributed by atoms with E-state index in [2.05, 4.69) is 25.5 Å². The first kappa shape index (κ1) is 25.0. The van der Waals surface area contributed by atoms with E-state index in [4.69, 9.17) is 4.74 Å². The summed E-state index contributed by atoms with van der Waals surface area (Å²) in [7, 11) is -2.06. The van der Waals surface area contributed by atoms with Crippen LogP contribution in [0.15, 0.2) is 46.1 Å². The van der Waals surface area contributed by atoms with E-state index < -0.39 is 10.0 Å². The SMILES string of the molecule is Cc1cc(OC2CCN(C(=O)CNS(=O)(=O)c3ccc(C(C)(C)C)cc3)CC2)cc(=O)n1C. The van der Waals surface area contributed by atoms with Gasteiger partial charge in [0.25, 0.3) is 5.56 Å². The number of aromatic nitrogens is 1. The van der Waals surface area contributed by atoms with Crippen LogP contribution in [0.3, 0.4) is 0 Å². The van der Waals surface area contributed by atoms with Crippen molar-refractivity contribution in [2.75, 3.05) is 19.6 Å². The van der Waals surface area contributed by atoms with E-state index in [1.807, 2.05) is 13.0 Å². The Morgan fingerprint density at radius 2 is 1.73 bits per heavy atom. The van der Waals surface area contributed by atoms with Crippen molar-refractivity contribution in [2.24, 2.45) is 7.05 Å². The zero-order valence-corrected chi connectivity index (χ0v) is 20.7. The molecular weight excluding hydrogens is 442 g/mol. The highest BCUT2D eigenvalue weighted by Gasteiger charge is 2.25. The smallest absolute Gasteiger partial charge is 0.254 e. The minimum Gasteiger partial charge on any atom is -0.490 e. The number of sulfonamides is 1. The minimum atomic E-state index is -3.77. The fourth-order valence-corrected chi connectivity index (χ4v) is 4.68. The molecule has 1 aliphatic rings. The van der Waals surface area contributed by atoms with Crippen molar-refractivity contribution in [3.05, 3.63) is 58.0 Å². The summed E-state index contributed by atoms with van der Waals surface area (Å²) in [6.45, 7) is 8.67. The maximum absolute atomic E-state index is 12.6. The van der Waals surface area contributed by atoms with Gasteiger partial charge in [0.1, 0.15) is 11.9 Å². The lowest BCUT2D eigenvalue weighted by molar-refractivity contribution is -0.131. The molecule has 0 aliphatic carbocycles. The Morgan fingerprint density at radius 1 is 1.12 bits per heavy atom. The molecule has 1 aromatic heterocycles. The van der Waals surface area contributed by atoms with E-state index in [0.717, 1.165) is 11.3 Å². The number of ether oxygens (including phenoxy) is 1. The zero-order chi connectivity index (χ0) is 24.4. The molecular formula is C24H33N3O5S. The van der Waals surface area contributed by atoms with Crippen LogP contribution in [-0.2, 0) is 27.3 Å². The number of aryl methyl sites for hydroxylation is 1. The topological polar surface area (TPSA) is 97.7 Å². The Hall–Kier alpha value is -2.65. The number of piperidine rings is 1. The predicted molar refractivity (Wildman–Crippen MR) is 127 cm³/mol. The number of nitrogens with zero attached hydrogens (tertiary/aromatic N) is 2. The third kappa shape index (κ3) is 6.23. The number of pyridine rings is 1. The molecule has 2 heterocycles. The molecule has 1 saturated heterocycles. The first-order chi connectivity index (χ1) is 15.4. The summed E-state index contributed by atoms with van der Waals surface area (Å²) in [6, 6.07) is 10.0. The lowest BCUT2D eigenvalue weighted by Gasteiger charge is -2.32. The number of hydrogen-bond donors (Lipinski definition) is 1. The first-order valence-electron chi connectivity index (χ1n) is 11.1. The molecule has 0 spiro atoms. The van der Waals surface area contributed by atoms with Crippen molar-refractivity contribution in [3.63, 3.8) is 0 Å². The number of nitrogens with one attached hydrogen (secondary N) is 1. The van der Waals surface area contributed by atoms with Crippen LogP contribution in [0.25, 0.3) is 0 Å². The number of amides is 1. The molecule has 0 atom stereocenters. The summed E-state index contributed by atoms with van der Waals surface area (Å²) >= 11 is 0. The van der Waals surface area contributed by atoms with Crippen LogP contribution < -0.4 is 15.0 Å². The summed E-state index contributed by atoms with van der Waals surface area (Å²) in [6.07, 6.45) is 1.13. The molecule has 9 heteroatoms. The van der Waals surface area contributed by atoms with Gasteiger partial charge in [0.15, 0.2) is 0 Å². The fraction of sp³-hybridized carbons (Fsp3) is 0.500. The van der Waals surface area contributed by atoms with E-state index in [9.17, 15) is 18.0 Å². The Labute approximate surface area is 195 Å². The molecule has 0 radical (unpaired) electrons. The average molecular weight is 476 g/mol. The molecule has 1 aliphatic heterocycles. The molecule has 0 unspecified atom stereocenters. The Morgan fingerprint density at radius 3 is 2.27 bits per heavy atom. The molecule has 180 valence electrons. The van der Waals surface area contributed by atoms with Gasteiger partial charge in [-0.3, -0.25) is 9.59 Å². The number of benzene rings is 1. The molecule has 1 aromatic carbocycles. The third-order valence-corrected chi connectivity index (χ3v) is 7.44. The number of carbonyl (C=O) groups excluding carboxylic acids is 1. The fourth-order valence-electron chi connectivity index (χ4n) is 3.71. The average Bonchev–Trinajstić information content (AvgIpc) is 2.76. The largest absolute Gasteiger partial charge is 0.490 e. The molecule has 0 bridgehead atoms. The summed E-state index contributed by atoms with van der Waals surface area (Å²) < 4.78 is 35.1. The van der Waals surface area contributed by atoms with Crippen LogP contribution in [0, 0.1) is 6.92 Å². The maximum Gasteiger partial charge on any atom is 0.254 e. The molecule has 2 aromatic rings. The molecule has 8 nitrogen and oxygen atoms in total. The molecule has 1 fully saturated rings. The van der Waals surface area contributed by atoms with Crippen LogP contribution in [0.2, 0.25) is 0 Å². The van der Waals surface area contributed by atoms with E-state index >= 15 is 0 Å². The second-order valence-electron chi connectivity index (χ2n) is 9.53. The highest BCUT2D eigenvalue weighted by Crippen LogP contribution is 2.23. The van der Waals surface area contributed by atoms with Crippen LogP contribution in [0.5, 0.6) is 5.75 Å². The number of likely N-dealkylation sites (tertiary alicyclic amines) is 1. The van der Waals surface area contributed by atoms with Gasteiger partial charge in [-0.2, -0.15) is 0 Å². The summed E-state index contributed by atoms with van der Waals surface area (Å²) in [5.74, 6) is 0.262. The van der Waals surface area contributed by atoms with Gasteiger partial charge in [-0.05, 0) is 36.1 Å². The highest BCUT2D eigenvalue weighted by molar-refractivity contribution is 7.89. The zero-order valence-electron chi connectivity index (χ0n) is 19.9. The van der Waals surface area contributed by atoms with Gasteiger partial charge in [0.2, 0.25) is 15.9 Å². The third-order valence-electron chi connectivity index (χ3n) is 6.02. The lowest BCUT2D eigenvalue weighted by Crippen LogP contribution is -2.46. The van der Waals surface area contributed by atoms with Gasteiger partial charge in [0, 0.05) is 44.7 Å². The summed E-state index contributed by atoms with van der Waals surface area (Å²) in [5, 5.41) is 0. The Balaban J connectivity index is 1.51. The molecule has 3 rings (SSSR count). The van der Waals surface area contributed by atoms with Gasteiger partial charge in [0.05, 0.1) is 11.4 Å². The van der Waals surface area contributed by atoms with Crippen molar-refractivity contribution in [2.45, 2.75) is 57.0 Å². The van der Waals surface area contributed by atoms with Crippen LogP contribution in [-0.4, -0.2) is 49.5 Å². The molecule has 33 heavy (non-hydrogen) atoms. The second kappa shape index (κ2) is 9.69. The highest BCUT2D eigenvalue weighted by atomic mass is 32.2. The van der Waals surface area contributed by atoms with Gasteiger partial charge in [-0.15, -0.1) is 0 Å². The van der Waals surface area contributed by atoms with Crippen molar-refractivity contribution in [1.82, 2.24) is 14.2 Å². The number of rotatable bonds is 6. The van der Waals surface area contributed by atoms with Crippen LogP contribution >= 0.6 is 0 Å². The van der Waals surface area contributed by atoms with E-state index in [-0.39, 0.29) is 34.4 Å². The van der Waals surface area contributed by atoms with E-state index in [0.29, 0.717) is 31.7 Å². The van der Waals surface area contributed by atoms with Crippen molar-refractivity contribution >= 4 is 15.9 Å².